The molecule has 0 atom stereocenters. The third-order valence-electron chi connectivity index (χ3n) is 2.22. The standard InChI is InChI=1S/C10H14N2O3.CHF3O3S/c1-11-12(2)8-4-6-9(7-5-8)15-10(13)14-3;2-1(3,4)8(5,6)7/h4-7,11H,1-3H3;(H,5,6,7). The Bertz CT molecular complexity index is 603. The van der Waals surface area contributed by atoms with Gasteiger partial charge in [-0.3, -0.25) is 4.55 Å². The Balaban J connectivity index is 0.000000515. The van der Waals surface area contributed by atoms with E-state index < -0.39 is 21.8 Å². The van der Waals surface area contributed by atoms with E-state index in [1.165, 1.54) is 7.11 Å². The van der Waals surface area contributed by atoms with Crippen LogP contribution in [-0.2, 0) is 14.9 Å². The average Bonchev–Trinajstić information content (AvgIpc) is 2.45. The van der Waals surface area contributed by atoms with E-state index in [0.29, 0.717) is 5.75 Å². The quantitative estimate of drug-likeness (QED) is 0.276. The number of anilines is 1. The summed E-state index contributed by atoms with van der Waals surface area (Å²) in [6, 6.07) is 7.05. The molecule has 0 aliphatic rings. The molecule has 0 aliphatic heterocycles. The fraction of sp³-hybridized carbons (Fsp3) is 0.364. The molecule has 0 heterocycles. The molecular weight excluding hydrogens is 345 g/mol. The zero-order valence-electron chi connectivity index (χ0n) is 12.3. The Morgan fingerprint density at radius 1 is 1.26 bits per heavy atom. The van der Waals surface area contributed by atoms with Gasteiger partial charge < -0.3 is 14.5 Å². The zero-order valence-corrected chi connectivity index (χ0v) is 13.1. The number of alkyl halides is 3. The lowest BCUT2D eigenvalue weighted by Crippen LogP contribution is -2.30. The first kappa shape index (κ1) is 20.9. The first-order valence-electron chi connectivity index (χ1n) is 5.73. The normalized spacial score (nSPS) is 11.1. The molecule has 12 heteroatoms. The van der Waals surface area contributed by atoms with Crippen molar-refractivity contribution in [1.29, 1.82) is 0 Å². The summed E-state index contributed by atoms with van der Waals surface area (Å²) in [5.74, 6) is 0.454. The molecule has 132 valence electrons. The SMILES string of the molecule is CNN(C)c1ccc(OC(=O)OC)cc1.O=S(=O)(O)C(F)(F)F. The fourth-order valence-electron chi connectivity index (χ4n) is 1.00. The molecule has 0 spiro atoms. The van der Waals surface area contributed by atoms with Crippen molar-refractivity contribution in [3.8, 4) is 5.75 Å². The third-order valence-corrected chi connectivity index (χ3v) is 2.80. The largest absolute Gasteiger partial charge is 0.522 e. The summed E-state index contributed by atoms with van der Waals surface area (Å²) in [7, 11) is -0.868. The van der Waals surface area contributed by atoms with E-state index in [1.807, 2.05) is 31.2 Å². The second-order valence-electron chi connectivity index (χ2n) is 3.75. The van der Waals surface area contributed by atoms with Gasteiger partial charge in [0, 0.05) is 14.1 Å². The van der Waals surface area contributed by atoms with Gasteiger partial charge in [0.25, 0.3) is 0 Å². The lowest BCUT2D eigenvalue weighted by atomic mass is 10.3. The van der Waals surface area contributed by atoms with Crippen LogP contribution in [0.4, 0.5) is 23.7 Å². The number of carbonyl (C=O) groups is 1. The molecule has 0 saturated heterocycles. The number of halogens is 3. The minimum absolute atomic E-state index is 0.454. The minimum atomic E-state index is -5.84. The summed E-state index contributed by atoms with van der Waals surface area (Å²) in [6.07, 6.45) is -0.718. The molecule has 8 nitrogen and oxygen atoms in total. The van der Waals surface area contributed by atoms with Crippen molar-refractivity contribution in [2.75, 3.05) is 26.2 Å². The number of hydrogen-bond acceptors (Lipinski definition) is 7. The molecule has 0 saturated carbocycles. The maximum absolute atomic E-state index is 10.8. The molecule has 2 N–H and O–H groups in total. The predicted molar refractivity (Wildman–Crippen MR) is 74.5 cm³/mol. The number of methoxy groups -OCH3 is 1. The van der Waals surface area contributed by atoms with Crippen LogP contribution in [0.5, 0.6) is 5.75 Å². The molecule has 0 unspecified atom stereocenters. The second kappa shape index (κ2) is 8.55. The van der Waals surface area contributed by atoms with Crippen LogP contribution in [-0.4, -0.2) is 45.8 Å². The Hall–Kier alpha value is -2.05. The van der Waals surface area contributed by atoms with Gasteiger partial charge in [-0.2, -0.15) is 21.6 Å². The van der Waals surface area contributed by atoms with Gasteiger partial charge in [-0.15, -0.1) is 0 Å². The number of benzene rings is 1. The van der Waals surface area contributed by atoms with Crippen LogP contribution in [0.3, 0.4) is 0 Å². The maximum Gasteiger partial charge on any atom is 0.522 e. The number of nitrogens with zero attached hydrogens (tertiary/aromatic N) is 1. The van der Waals surface area contributed by atoms with Crippen molar-refractivity contribution >= 4 is 22.0 Å². The van der Waals surface area contributed by atoms with Crippen molar-refractivity contribution in [2.24, 2.45) is 0 Å². The smallest absolute Gasteiger partial charge is 0.437 e. The van der Waals surface area contributed by atoms with Gasteiger partial charge in [0.2, 0.25) is 0 Å². The molecule has 0 aromatic heterocycles. The van der Waals surface area contributed by atoms with E-state index >= 15 is 0 Å². The molecule has 0 amide bonds. The number of rotatable bonds is 3. The molecule has 1 aromatic rings. The van der Waals surface area contributed by atoms with Crippen LogP contribution in [0, 0.1) is 0 Å². The van der Waals surface area contributed by atoms with Crippen LogP contribution in [0.15, 0.2) is 24.3 Å². The molecule has 0 fully saturated rings. The summed E-state index contributed by atoms with van der Waals surface area (Å²) in [4.78, 5) is 10.8. The predicted octanol–water partition coefficient (Wildman–Crippen LogP) is 1.80. The van der Waals surface area contributed by atoms with Gasteiger partial charge in [-0.05, 0) is 24.3 Å². The van der Waals surface area contributed by atoms with E-state index in [9.17, 15) is 18.0 Å². The summed E-state index contributed by atoms with van der Waals surface area (Å²) >= 11 is 0. The fourth-order valence-corrected chi connectivity index (χ4v) is 1.00. The number of carbonyl (C=O) groups excluding carboxylic acids is 1. The molecule has 1 rings (SSSR count). The van der Waals surface area contributed by atoms with E-state index in [0.717, 1.165) is 5.69 Å². The number of nitrogens with one attached hydrogen (secondary N) is 1. The van der Waals surface area contributed by atoms with E-state index in [1.54, 1.807) is 12.1 Å². The zero-order chi connectivity index (χ0) is 18.3. The highest BCUT2D eigenvalue weighted by Gasteiger charge is 2.44. The molecule has 0 bridgehead atoms. The van der Waals surface area contributed by atoms with Crippen LogP contribution >= 0.6 is 0 Å². The second-order valence-corrected chi connectivity index (χ2v) is 5.17. The van der Waals surface area contributed by atoms with Gasteiger partial charge in [-0.25, -0.2) is 10.2 Å². The van der Waals surface area contributed by atoms with E-state index in [2.05, 4.69) is 10.2 Å². The monoisotopic (exact) mass is 360 g/mol. The van der Waals surface area contributed by atoms with Crippen LogP contribution in [0.1, 0.15) is 0 Å². The Labute approximate surface area is 130 Å². The third kappa shape index (κ3) is 7.67. The Kier molecular flexibility index (Phi) is 7.79. The summed E-state index contributed by atoms with van der Waals surface area (Å²) < 4.78 is 66.7. The molecule has 0 radical (unpaired) electrons. The Morgan fingerprint density at radius 2 is 1.70 bits per heavy atom. The molecule has 23 heavy (non-hydrogen) atoms. The highest BCUT2D eigenvalue weighted by molar-refractivity contribution is 7.86. The highest BCUT2D eigenvalue weighted by atomic mass is 32.2. The molecule has 0 aliphatic carbocycles. The van der Waals surface area contributed by atoms with Gasteiger partial charge >= 0.3 is 21.8 Å². The highest BCUT2D eigenvalue weighted by Crippen LogP contribution is 2.20. The lowest BCUT2D eigenvalue weighted by Gasteiger charge is -2.17. The van der Waals surface area contributed by atoms with Crippen LogP contribution in [0.2, 0.25) is 0 Å². The van der Waals surface area contributed by atoms with Gasteiger partial charge in [-0.1, -0.05) is 0 Å². The molecule has 1 aromatic carbocycles. The summed E-state index contributed by atoms with van der Waals surface area (Å²) in [5.41, 5.74) is -1.61. The van der Waals surface area contributed by atoms with Crippen LogP contribution < -0.4 is 15.2 Å². The van der Waals surface area contributed by atoms with Gasteiger partial charge in [0.15, 0.2) is 0 Å². The van der Waals surface area contributed by atoms with Crippen molar-refractivity contribution in [1.82, 2.24) is 5.43 Å². The summed E-state index contributed by atoms with van der Waals surface area (Å²) in [5, 5.41) is 1.84. The van der Waals surface area contributed by atoms with Crippen molar-refractivity contribution < 1.29 is 40.4 Å². The van der Waals surface area contributed by atoms with Crippen molar-refractivity contribution in [3.05, 3.63) is 24.3 Å². The number of hydrogen-bond donors (Lipinski definition) is 2. The Morgan fingerprint density at radius 3 is 2.00 bits per heavy atom. The lowest BCUT2D eigenvalue weighted by molar-refractivity contribution is -0.0510. The van der Waals surface area contributed by atoms with Gasteiger partial charge in [0.05, 0.1) is 12.8 Å². The first-order chi connectivity index (χ1) is 10.4. The maximum atomic E-state index is 10.8. The van der Waals surface area contributed by atoms with Crippen molar-refractivity contribution in [3.63, 3.8) is 0 Å². The summed E-state index contributed by atoms with van der Waals surface area (Å²) in [6.45, 7) is 0. The van der Waals surface area contributed by atoms with Crippen molar-refractivity contribution in [2.45, 2.75) is 5.51 Å². The molecular formula is C11H15F3N2O6S. The number of hydrazine groups is 1. The minimum Gasteiger partial charge on any atom is -0.437 e. The van der Waals surface area contributed by atoms with Gasteiger partial charge in [0.1, 0.15) is 5.75 Å². The first-order valence-corrected chi connectivity index (χ1v) is 7.17. The van der Waals surface area contributed by atoms with Crippen LogP contribution in [0.25, 0.3) is 0 Å². The van der Waals surface area contributed by atoms with E-state index in [4.69, 9.17) is 17.7 Å². The van der Waals surface area contributed by atoms with E-state index in [-0.39, 0.29) is 0 Å². The topological polar surface area (TPSA) is 105 Å². The number of ether oxygens (including phenoxy) is 2. The average molecular weight is 360 g/mol.